The van der Waals surface area contributed by atoms with Crippen LogP contribution in [0.4, 0.5) is 5.00 Å². The lowest BCUT2D eigenvalue weighted by atomic mass is 10.1. The summed E-state index contributed by atoms with van der Waals surface area (Å²) in [4.78, 5) is 35.6. The molecular weight excluding hydrogens is 344 g/mol. The van der Waals surface area contributed by atoms with Gasteiger partial charge in [0.05, 0.1) is 18.2 Å². The van der Waals surface area contributed by atoms with Gasteiger partial charge in [-0.1, -0.05) is 6.07 Å². The molecule has 8 heteroatoms. The number of carbonyl (C=O) groups is 3. The minimum absolute atomic E-state index is 0.208. The van der Waals surface area contributed by atoms with Gasteiger partial charge in [-0.05, 0) is 43.0 Å². The van der Waals surface area contributed by atoms with Crippen molar-refractivity contribution in [1.29, 1.82) is 0 Å². The van der Waals surface area contributed by atoms with Crippen LogP contribution in [0.3, 0.4) is 0 Å². The first kappa shape index (κ1) is 18.5. The molecule has 0 aliphatic rings. The molecule has 7 nitrogen and oxygen atoms in total. The number of aryl methyl sites for hydroxylation is 1. The first-order valence-corrected chi connectivity index (χ1v) is 8.25. The molecule has 2 amide bonds. The monoisotopic (exact) mass is 362 g/mol. The molecule has 0 saturated heterocycles. The van der Waals surface area contributed by atoms with Crippen LogP contribution in [-0.2, 0) is 9.53 Å². The second kappa shape index (κ2) is 7.80. The van der Waals surface area contributed by atoms with Gasteiger partial charge in [0, 0.05) is 0 Å². The number of nitrogens with one attached hydrogen (secondary N) is 1. The summed E-state index contributed by atoms with van der Waals surface area (Å²) in [6.07, 6.45) is -1.05. The van der Waals surface area contributed by atoms with E-state index in [-0.39, 0.29) is 11.1 Å². The van der Waals surface area contributed by atoms with Crippen molar-refractivity contribution in [2.45, 2.75) is 20.0 Å². The zero-order valence-corrected chi connectivity index (χ0v) is 14.8. The van der Waals surface area contributed by atoms with Gasteiger partial charge in [0.15, 0.2) is 6.10 Å². The van der Waals surface area contributed by atoms with Gasteiger partial charge in [-0.25, -0.2) is 4.79 Å². The SMILES string of the molecule is COc1cc(C(=O)O[C@@H](C)C(=O)Nc2sccc2C(N)=O)ccc1C. The number of nitrogens with two attached hydrogens (primary N) is 1. The predicted molar refractivity (Wildman–Crippen MR) is 94.1 cm³/mol. The molecule has 0 spiro atoms. The highest BCUT2D eigenvalue weighted by molar-refractivity contribution is 7.14. The van der Waals surface area contributed by atoms with E-state index in [1.807, 2.05) is 6.92 Å². The molecule has 0 aliphatic heterocycles. The molecule has 3 N–H and O–H groups in total. The molecule has 1 heterocycles. The number of primary amides is 1. The Balaban J connectivity index is 2.04. The van der Waals surface area contributed by atoms with Gasteiger partial charge in [0.25, 0.3) is 11.8 Å². The number of carbonyl (C=O) groups excluding carboxylic acids is 3. The summed E-state index contributed by atoms with van der Waals surface area (Å²) in [7, 11) is 1.50. The number of ether oxygens (including phenoxy) is 2. The fourth-order valence-corrected chi connectivity index (χ4v) is 2.84. The molecule has 2 rings (SSSR count). The maximum Gasteiger partial charge on any atom is 0.339 e. The van der Waals surface area contributed by atoms with Crippen molar-refractivity contribution in [2.75, 3.05) is 12.4 Å². The lowest BCUT2D eigenvalue weighted by Gasteiger charge is -2.14. The van der Waals surface area contributed by atoms with Crippen LogP contribution in [0.5, 0.6) is 5.75 Å². The average molecular weight is 362 g/mol. The topological polar surface area (TPSA) is 108 Å². The van der Waals surface area contributed by atoms with Crippen molar-refractivity contribution in [2.24, 2.45) is 5.73 Å². The van der Waals surface area contributed by atoms with Crippen molar-refractivity contribution in [1.82, 2.24) is 0 Å². The van der Waals surface area contributed by atoms with Crippen LogP contribution in [0.25, 0.3) is 0 Å². The smallest absolute Gasteiger partial charge is 0.339 e. The van der Waals surface area contributed by atoms with E-state index in [1.165, 1.54) is 20.1 Å². The van der Waals surface area contributed by atoms with Crippen molar-refractivity contribution in [3.63, 3.8) is 0 Å². The highest BCUT2D eigenvalue weighted by Crippen LogP contribution is 2.23. The summed E-state index contributed by atoms with van der Waals surface area (Å²) in [5.41, 5.74) is 6.59. The standard InChI is InChI=1S/C17H18N2O5S/c1-9-4-5-11(8-13(9)23-3)17(22)24-10(2)15(21)19-16-12(14(18)20)6-7-25-16/h4-8,10H,1-3H3,(H2,18,20)(H,19,21)/t10-/m0/s1. The Morgan fingerprint density at radius 2 is 1.96 bits per heavy atom. The second-order valence-electron chi connectivity index (χ2n) is 5.25. The maximum absolute atomic E-state index is 12.2. The Bertz CT molecular complexity index is 815. The van der Waals surface area contributed by atoms with E-state index in [0.29, 0.717) is 10.8 Å². The van der Waals surface area contributed by atoms with Crippen LogP contribution in [0.15, 0.2) is 29.6 Å². The van der Waals surface area contributed by atoms with Gasteiger partial charge in [0.1, 0.15) is 10.8 Å². The van der Waals surface area contributed by atoms with Gasteiger partial charge in [-0.2, -0.15) is 0 Å². The maximum atomic E-state index is 12.2. The molecular formula is C17H18N2O5S. The van der Waals surface area contributed by atoms with E-state index >= 15 is 0 Å². The Morgan fingerprint density at radius 1 is 1.24 bits per heavy atom. The zero-order valence-electron chi connectivity index (χ0n) is 14.0. The van der Waals surface area contributed by atoms with E-state index in [9.17, 15) is 14.4 Å². The Morgan fingerprint density at radius 3 is 2.60 bits per heavy atom. The lowest BCUT2D eigenvalue weighted by molar-refractivity contribution is -0.123. The van der Waals surface area contributed by atoms with Crippen LogP contribution in [0, 0.1) is 6.92 Å². The molecule has 132 valence electrons. The van der Waals surface area contributed by atoms with E-state index in [1.54, 1.807) is 23.6 Å². The quantitative estimate of drug-likeness (QED) is 0.767. The zero-order chi connectivity index (χ0) is 18.6. The molecule has 0 fully saturated rings. The highest BCUT2D eigenvalue weighted by Gasteiger charge is 2.21. The number of rotatable bonds is 6. The predicted octanol–water partition coefficient (Wildman–Crippen LogP) is 2.35. The van der Waals surface area contributed by atoms with E-state index in [4.69, 9.17) is 15.2 Å². The molecule has 1 aromatic carbocycles. The van der Waals surface area contributed by atoms with Crippen LogP contribution >= 0.6 is 11.3 Å². The summed E-state index contributed by atoms with van der Waals surface area (Å²) >= 11 is 1.16. The molecule has 0 radical (unpaired) electrons. The van der Waals surface area contributed by atoms with Gasteiger partial charge in [0.2, 0.25) is 0 Å². The van der Waals surface area contributed by atoms with Crippen LogP contribution < -0.4 is 15.8 Å². The summed E-state index contributed by atoms with van der Waals surface area (Å²) in [6, 6.07) is 6.38. The largest absolute Gasteiger partial charge is 0.496 e. The number of hydrogen-bond donors (Lipinski definition) is 2. The lowest BCUT2D eigenvalue weighted by Crippen LogP contribution is -2.30. The number of benzene rings is 1. The molecule has 0 saturated carbocycles. The Labute approximate surface area is 148 Å². The first-order chi connectivity index (χ1) is 11.8. The summed E-state index contributed by atoms with van der Waals surface area (Å²) < 4.78 is 10.3. The third-order valence-electron chi connectivity index (χ3n) is 3.46. The molecule has 1 atom stereocenters. The van der Waals surface area contributed by atoms with Crippen molar-refractivity contribution in [3.8, 4) is 5.75 Å². The minimum atomic E-state index is -1.05. The fourth-order valence-electron chi connectivity index (χ4n) is 2.04. The first-order valence-electron chi connectivity index (χ1n) is 7.37. The van der Waals surface area contributed by atoms with Crippen LogP contribution in [-0.4, -0.2) is 31.0 Å². The Hall–Kier alpha value is -2.87. The summed E-state index contributed by atoms with van der Waals surface area (Å²) in [5, 5.41) is 4.48. The normalized spacial score (nSPS) is 11.5. The molecule has 2 aromatic rings. The fraction of sp³-hybridized carbons (Fsp3) is 0.235. The molecule has 1 aromatic heterocycles. The van der Waals surface area contributed by atoms with E-state index < -0.39 is 23.9 Å². The molecule has 25 heavy (non-hydrogen) atoms. The number of thiophene rings is 1. The number of esters is 1. The van der Waals surface area contributed by atoms with Crippen LogP contribution in [0.1, 0.15) is 33.2 Å². The van der Waals surface area contributed by atoms with Crippen molar-refractivity contribution >= 4 is 34.1 Å². The van der Waals surface area contributed by atoms with Gasteiger partial charge in [-0.3, -0.25) is 9.59 Å². The van der Waals surface area contributed by atoms with E-state index in [0.717, 1.165) is 16.9 Å². The average Bonchev–Trinajstić information content (AvgIpc) is 3.03. The van der Waals surface area contributed by atoms with Gasteiger partial charge in [-0.15, -0.1) is 11.3 Å². The molecule has 0 unspecified atom stereocenters. The second-order valence-corrected chi connectivity index (χ2v) is 6.16. The summed E-state index contributed by atoms with van der Waals surface area (Å²) in [5.74, 6) is -1.30. The third-order valence-corrected chi connectivity index (χ3v) is 4.29. The third kappa shape index (κ3) is 4.36. The van der Waals surface area contributed by atoms with Gasteiger partial charge >= 0.3 is 5.97 Å². The van der Waals surface area contributed by atoms with Gasteiger partial charge < -0.3 is 20.5 Å². The number of methoxy groups -OCH3 is 1. The number of amides is 2. The highest BCUT2D eigenvalue weighted by atomic mass is 32.1. The Kier molecular flexibility index (Phi) is 5.76. The minimum Gasteiger partial charge on any atom is -0.496 e. The number of anilines is 1. The van der Waals surface area contributed by atoms with Crippen LogP contribution in [0.2, 0.25) is 0 Å². The summed E-state index contributed by atoms with van der Waals surface area (Å²) in [6.45, 7) is 3.29. The van der Waals surface area contributed by atoms with Crippen molar-refractivity contribution in [3.05, 3.63) is 46.3 Å². The van der Waals surface area contributed by atoms with Crippen molar-refractivity contribution < 1.29 is 23.9 Å². The van der Waals surface area contributed by atoms with E-state index in [2.05, 4.69) is 5.32 Å². The molecule has 0 aliphatic carbocycles. The molecule has 0 bridgehead atoms. The number of hydrogen-bond acceptors (Lipinski definition) is 6.